The van der Waals surface area contributed by atoms with Gasteiger partial charge in [0, 0.05) is 29.9 Å². The molecule has 80 valence electrons. The first kappa shape index (κ1) is 9.40. The zero-order valence-corrected chi connectivity index (χ0v) is 9.27. The first-order valence-electron chi connectivity index (χ1n) is 5.60. The van der Waals surface area contributed by atoms with E-state index in [2.05, 4.69) is 41.3 Å². The lowest BCUT2D eigenvalue weighted by molar-refractivity contribution is 0.907. The van der Waals surface area contributed by atoms with Gasteiger partial charge < -0.3 is 4.98 Å². The third-order valence-electron chi connectivity index (χ3n) is 3.22. The van der Waals surface area contributed by atoms with Gasteiger partial charge in [-0.15, -0.1) is 0 Å². The Kier molecular flexibility index (Phi) is 2.13. The second-order valence-electron chi connectivity index (χ2n) is 4.30. The van der Waals surface area contributed by atoms with E-state index in [1.807, 2.05) is 18.5 Å². The van der Waals surface area contributed by atoms with E-state index in [9.17, 15) is 0 Å². The van der Waals surface area contributed by atoms with Gasteiger partial charge in [-0.05, 0) is 35.8 Å². The minimum absolute atomic E-state index is 0.468. The van der Waals surface area contributed by atoms with Crippen LogP contribution in [0, 0.1) is 6.92 Å². The highest BCUT2D eigenvalue weighted by Crippen LogP contribution is 2.21. The van der Waals surface area contributed by atoms with Crippen molar-refractivity contribution >= 4 is 12.2 Å². The minimum Gasteiger partial charge on any atom is -0.361 e. The molecule has 0 bridgehead atoms. The number of aryl methyl sites for hydroxylation is 1. The Morgan fingerprint density at radius 1 is 1.44 bits per heavy atom. The maximum atomic E-state index is 4.18. The third-order valence-corrected chi connectivity index (χ3v) is 3.22. The van der Waals surface area contributed by atoms with Crippen LogP contribution in [0.2, 0.25) is 0 Å². The van der Waals surface area contributed by atoms with E-state index in [4.69, 9.17) is 0 Å². The molecule has 0 radical (unpaired) electrons. The van der Waals surface area contributed by atoms with Gasteiger partial charge in [0.05, 0.1) is 0 Å². The number of hydrogen-bond acceptors (Lipinski definition) is 1. The highest BCUT2D eigenvalue weighted by atomic mass is 14.7. The third kappa shape index (κ3) is 1.47. The number of rotatable bonds is 1. The first-order valence-corrected chi connectivity index (χ1v) is 5.60. The smallest absolute Gasteiger partial charge is 0.0413 e. The van der Waals surface area contributed by atoms with Crippen molar-refractivity contribution in [1.82, 2.24) is 9.97 Å². The molecule has 2 aromatic rings. The van der Waals surface area contributed by atoms with Crippen LogP contribution >= 0.6 is 0 Å². The van der Waals surface area contributed by atoms with Crippen LogP contribution in [0.15, 0.2) is 30.7 Å². The molecule has 2 nitrogen and oxygen atoms in total. The molecule has 16 heavy (non-hydrogen) atoms. The molecule has 0 aromatic carbocycles. The second kappa shape index (κ2) is 3.63. The molecule has 0 aliphatic heterocycles. The van der Waals surface area contributed by atoms with Crippen LogP contribution in [0.3, 0.4) is 0 Å². The van der Waals surface area contributed by atoms with E-state index in [-0.39, 0.29) is 0 Å². The van der Waals surface area contributed by atoms with Crippen LogP contribution in [0.25, 0.3) is 12.2 Å². The normalized spacial score (nSPS) is 18.4. The molecule has 2 aromatic heterocycles. The van der Waals surface area contributed by atoms with E-state index in [0.29, 0.717) is 5.92 Å². The van der Waals surface area contributed by atoms with E-state index in [1.165, 1.54) is 21.7 Å². The molecule has 3 rings (SSSR count). The van der Waals surface area contributed by atoms with Crippen molar-refractivity contribution in [2.45, 2.75) is 19.3 Å². The predicted molar refractivity (Wildman–Crippen MR) is 65.3 cm³/mol. The molecule has 2 heterocycles. The number of aromatic amines is 1. The molecule has 0 fully saturated rings. The summed E-state index contributed by atoms with van der Waals surface area (Å²) in [5, 5.41) is 2.61. The molecule has 0 spiro atoms. The summed E-state index contributed by atoms with van der Waals surface area (Å²) >= 11 is 0. The van der Waals surface area contributed by atoms with Crippen molar-refractivity contribution in [3.63, 3.8) is 0 Å². The Hall–Kier alpha value is -1.83. The number of H-pyrrole nitrogens is 1. The van der Waals surface area contributed by atoms with Gasteiger partial charge in [-0.1, -0.05) is 18.2 Å². The number of nitrogens with zero attached hydrogens (tertiary/aromatic N) is 1. The van der Waals surface area contributed by atoms with Crippen molar-refractivity contribution in [1.29, 1.82) is 0 Å². The van der Waals surface area contributed by atoms with Crippen molar-refractivity contribution < 1.29 is 0 Å². The Labute approximate surface area is 94.4 Å². The fourth-order valence-corrected chi connectivity index (χ4v) is 2.29. The molecule has 0 amide bonds. The molecule has 1 atom stereocenters. The van der Waals surface area contributed by atoms with Gasteiger partial charge in [0.25, 0.3) is 0 Å². The van der Waals surface area contributed by atoms with Gasteiger partial charge in [-0.2, -0.15) is 0 Å². The largest absolute Gasteiger partial charge is 0.361 e. The van der Waals surface area contributed by atoms with Crippen LogP contribution in [0.4, 0.5) is 0 Å². The molecule has 0 saturated carbocycles. The minimum atomic E-state index is 0.468. The van der Waals surface area contributed by atoms with Gasteiger partial charge in [0.15, 0.2) is 0 Å². The van der Waals surface area contributed by atoms with Crippen molar-refractivity contribution in [2.75, 3.05) is 0 Å². The van der Waals surface area contributed by atoms with Crippen molar-refractivity contribution in [3.8, 4) is 0 Å². The average molecular weight is 210 g/mol. The molecule has 1 unspecified atom stereocenters. The van der Waals surface area contributed by atoms with Gasteiger partial charge in [-0.3, -0.25) is 4.98 Å². The van der Waals surface area contributed by atoms with Gasteiger partial charge in [-0.25, -0.2) is 0 Å². The van der Waals surface area contributed by atoms with E-state index >= 15 is 0 Å². The molecular weight excluding hydrogens is 196 g/mol. The van der Waals surface area contributed by atoms with Crippen LogP contribution < -0.4 is 10.6 Å². The topological polar surface area (TPSA) is 28.7 Å². The van der Waals surface area contributed by atoms with Crippen LogP contribution in [-0.2, 0) is 0 Å². The summed E-state index contributed by atoms with van der Waals surface area (Å²) < 4.78 is 0. The standard InChI is InChI=1S/C14H14N2/c1-10-8-16-14-5-4-11(7-13(10)14)12-3-2-6-15-9-12/h2-3,5-9,11,16H,4H2,1H3. The van der Waals surface area contributed by atoms with Gasteiger partial charge in [0.1, 0.15) is 0 Å². The second-order valence-corrected chi connectivity index (χ2v) is 4.30. The number of aromatic nitrogens is 2. The SMILES string of the molecule is Cc1c[nH]c2c1=CC(c1cccnc1)CC=2. The maximum absolute atomic E-state index is 4.18. The Morgan fingerprint density at radius 2 is 2.38 bits per heavy atom. The first-order chi connectivity index (χ1) is 7.84. The van der Waals surface area contributed by atoms with Gasteiger partial charge in [0.2, 0.25) is 0 Å². The number of fused-ring (bicyclic) bond motifs is 1. The summed E-state index contributed by atoms with van der Waals surface area (Å²) in [5.41, 5.74) is 2.62. The zero-order chi connectivity index (χ0) is 11.0. The summed E-state index contributed by atoms with van der Waals surface area (Å²) in [6.07, 6.45) is 11.5. The lowest BCUT2D eigenvalue weighted by atomic mass is 9.93. The molecule has 1 aliphatic rings. The molecule has 1 N–H and O–H groups in total. The average Bonchev–Trinajstić information content (AvgIpc) is 2.72. The van der Waals surface area contributed by atoms with Gasteiger partial charge >= 0.3 is 0 Å². The van der Waals surface area contributed by atoms with E-state index < -0.39 is 0 Å². The summed E-state index contributed by atoms with van der Waals surface area (Å²) in [7, 11) is 0. The predicted octanol–water partition coefficient (Wildman–Crippen LogP) is 1.47. The van der Waals surface area contributed by atoms with Crippen molar-refractivity contribution in [3.05, 3.63) is 52.4 Å². The highest BCUT2D eigenvalue weighted by molar-refractivity contribution is 5.48. The monoisotopic (exact) mass is 210 g/mol. The van der Waals surface area contributed by atoms with Crippen LogP contribution in [0.5, 0.6) is 0 Å². The summed E-state index contributed by atoms with van der Waals surface area (Å²) in [6.45, 7) is 2.14. The highest BCUT2D eigenvalue weighted by Gasteiger charge is 2.11. The fourth-order valence-electron chi connectivity index (χ4n) is 2.29. The summed E-state index contributed by atoms with van der Waals surface area (Å²) in [5.74, 6) is 0.468. The van der Waals surface area contributed by atoms with Crippen molar-refractivity contribution in [2.24, 2.45) is 0 Å². The van der Waals surface area contributed by atoms with Crippen LogP contribution in [0.1, 0.15) is 23.5 Å². The Balaban J connectivity index is 2.10. The summed E-state index contributed by atoms with van der Waals surface area (Å²) in [4.78, 5) is 7.48. The maximum Gasteiger partial charge on any atom is 0.0413 e. The molecular formula is C14H14N2. The number of pyridine rings is 1. The number of nitrogens with one attached hydrogen (secondary N) is 1. The molecule has 0 saturated heterocycles. The Morgan fingerprint density at radius 3 is 3.19 bits per heavy atom. The quantitative estimate of drug-likeness (QED) is 0.758. The lowest BCUT2D eigenvalue weighted by Gasteiger charge is -2.12. The Bertz CT molecular complexity index is 608. The fraction of sp³-hybridized carbons (Fsp3) is 0.214. The molecule has 1 aliphatic carbocycles. The number of hydrogen-bond donors (Lipinski definition) is 1. The summed E-state index contributed by atoms with van der Waals surface area (Å²) in [6, 6.07) is 4.15. The van der Waals surface area contributed by atoms with E-state index in [0.717, 1.165) is 6.42 Å². The van der Waals surface area contributed by atoms with E-state index in [1.54, 1.807) is 0 Å². The zero-order valence-electron chi connectivity index (χ0n) is 9.27. The van der Waals surface area contributed by atoms with Crippen LogP contribution in [-0.4, -0.2) is 9.97 Å². The lowest BCUT2D eigenvalue weighted by Crippen LogP contribution is -2.28. The molecule has 2 heteroatoms.